The molecule has 0 aliphatic rings. The first-order valence-corrected chi connectivity index (χ1v) is 17.9. The first kappa shape index (κ1) is 46.2. The van der Waals surface area contributed by atoms with E-state index in [0.717, 1.165) is 5.56 Å². The van der Waals surface area contributed by atoms with Gasteiger partial charge in [-0.1, -0.05) is 57.5 Å². The van der Waals surface area contributed by atoms with Gasteiger partial charge in [0.15, 0.2) is 17.7 Å². The number of guanidine groups is 2. The number of hydrogen-bond donors (Lipinski definition) is 11. The maximum absolute atomic E-state index is 13.9. The van der Waals surface area contributed by atoms with Crippen molar-refractivity contribution in [2.45, 2.75) is 109 Å². The SMILES string of the molecule is CC[C@H](C)[C@H](NC(=O)[C@@H](NF)[C@@H](C)C(C)OC)C(=O)N[C@@H](CCCNC(=N)N)C(=O)N[C@@H](CCCNC(=N)N)C(=O)N[C@@H](Cc1ccccc1)C(C)=O. The Morgan fingerprint density at radius 2 is 1.23 bits per heavy atom. The first-order chi connectivity index (χ1) is 25.1. The van der Waals surface area contributed by atoms with Gasteiger partial charge < -0.3 is 48.1 Å². The summed E-state index contributed by atoms with van der Waals surface area (Å²) in [4.78, 5) is 67.2. The van der Waals surface area contributed by atoms with Crippen LogP contribution in [-0.4, -0.2) is 97.8 Å². The number of ether oxygens (including phenoxy) is 1. The van der Waals surface area contributed by atoms with E-state index in [0.29, 0.717) is 12.8 Å². The van der Waals surface area contributed by atoms with Gasteiger partial charge in [0.2, 0.25) is 23.6 Å². The van der Waals surface area contributed by atoms with Gasteiger partial charge in [0, 0.05) is 26.1 Å². The van der Waals surface area contributed by atoms with Gasteiger partial charge in [-0.15, -0.1) is 10.0 Å². The molecule has 1 aromatic carbocycles. The van der Waals surface area contributed by atoms with E-state index >= 15 is 0 Å². The van der Waals surface area contributed by atoms with E-state index in [2.05, 4.69) is 31.9 Å². The maximum atomic E-state index is 13.9. The molecule has 0 aromatic heterocycles. The number of carbonyl (C=O) groups excluding carboxylic acids is 5. The highest BCUT2D eigenvalue weighted by Gasteiger charge is 2.36. The standard InChI is InChI=1S/C35H60FN11O6/c1-7-20(2)28(46-33(52)29(47-36)21(3)23(5)53-6)32(51)44-26(16-12-18-42-35(39)40)30(49)43-25(15-11-17-41-34(37)38)31(50)45-27(22(4)48)19-24-13-9-8-10-14-24/h8-10,13-14,20-21,23,25-29,47H,7,11-12,15-19H2,1-6H3,(H,43,49)(H,44,51)(H,45,50)(H,46,52)(H4,37,38,41)(H4,39,40,42)/t20-,21-,23?,25-,26-,27-,28-,29-/m0/s1. The monoisotopic (exact) mass is 749 g/mol. The van der Waals surface area contributed by atoms with E-state index in [1.807, 2.05) is 37.3 Å². The Kier molecular flexibility index (Phi) is 21.3. The molecule has 17 nitrogen and oxygen atoms in total. The minimum atomic E-state index is -1.33. The van der Waals surface area contributed by atoms with Gasteiger partial charge in [0.1, 0.15) is 24.2 Å². The van der Waals surface area contributed by atoms with Gasteiger partial charge in [-0.3, -0.25) is 34.8 Å². The van der Waals surface area contributed by atoms with Crippen LogP contribution >= 0.6 is 0 Å². The summed E-state index contributed by atoms with van der Waals surface area (Å²) in [7, 11) is 1.44. The minimum Gasteiger partial charge on any atom is -0.381 e. The van der Waals surface area contributed by atoms with Gasteiger partial charge in [-0.25, -0.2) is 0 Å². The summed E-state index contributed by atoms with van der Waals surface area (Å²) in [6, 6.07) is 3.35. The summed E-state index contributed by atoms with van der Waals surface area (Å²) in [6.07, 6.45) is 0.873. The number of ketones is 1. The third-order valence-electron chi connectivity index (χ3n) is 9.16. The molecule has 13 N–H and O–H groups in total. The second-order valence-electron chi connectivity index (χ2n) is 13.2. The Morgan fingerprint density at radius 1 is 0.755 bits per heavy atom. The second kappa shape index (κ2) is 24.4. The Labute approximate surface area is 311 Å². The van der Waals surface area contributed by atoms with E-state index in [4.69, 9.17) is 27.0 Å². The topological polar surface area (TPSA) is 279 Å². The Balaban J connectivity index is 3.35. The zero-order valence-electron chi connectivity index (χ0n) is 31.6. The average Bonchev–Trinajstić information content (AvgIpc) is 3.12. The number of nitrogens with one attached hydrogen (secondary N) is 9. The van der Waals surface area contributed by atoms with E-state index in [1.54, 1.807) is 20.8 Å². The normalized spacial score (nSPS) is 15.5. The van der Waals surface area contributed by atoms with Crippen LogP contribution in [0.1, 0.15) is 72.3 Å². The summed E-state index contributed by atoms with van der Waals surface area (Å²) < 4.78 is 19.1. The number of halogens is 1. The average molecular weight is 750 g/mol. The van der Waals surface area contributed by atoms with Crippen LogP contribution in [0, 0.1) is 22.7 Å². The predicted octanol–water partition coefficient (Wildman–Crippen LogP) is -0.156. The van der Waals surface area contributed by atoms with E-state index in [1.165, 1.54) is 19.6 Å². The summed E-state index contributed by atoms with van der Waals surface area (Å²) in [6.45, 7) is 8.62. The van der Waals surface area contributed by atoms with Crippen molar-refractivity contribution in [2.24, 2.45) is 23.3 Å². The number of methoxy groups -OCH3 is 1. The zero-order valence-corrected chi connectivity index (χ0v) is 31.6. The predicted molar refractivity (Wildman–Crippen MR) is 200 cm³/mol. The molecule has 18 heteroatoms. The van der Waals surface area contributed by atoms with Crippen LogP contribution in [0.25, 0.3) is 0 Å². The summed E-state index contributed by atoms with van der Waals surface area (Å²) in [5.41, 5.74) is 13.1. The molecule has 0 aliphatic heterocycles. The molecule has 0 fully saturated rings. The number of nitrogens with two attached hydrogens (primary N) is 2. The second-order valence-corrected chi connectivity index (χ2v) is 13.2. The highest BCUT2D eigenvalue weighted by Crippen LogP contribution is 2.15. The number of hydrogen-bond acceptors (Lipinski definition) is 9. The molecule has 53 heavy (non-hydrogen) atoms. The molecule has 0 radical (unpaired) electrons. The van der Waals surface area contributed by atoms with Crippen molar-refractivity contribution in [2.75, 3.05) is 20.2 Å². The van der Waals surface area contributed by atoms with Gasteiger partial charge >= 0.3 is 0 Å². The van der Waals surface area contributed by atoms with Crippen molar-refractivity contribution >= 4 is 41.3 Å². The number of amides is 4. The van der Waals surface area contributed by atoms with Gasteiger partial charge in [0.25, 0.3) is 0 Å². The molecule has 0 spiro atoms. The van der Waals surface area contributed by atoms with Crippen molar-refractivity contribution < 1.29 is 33.2 Å². The lowest BCUT2D eigenvalue weighted by atomic mass is 9.94. The molecular formula is C35H60FN11O6. The Bertz CT molecular complexity index is 1350. The maximum Gasteiger partial charge on any atom is 0.243 e. The first-order valence-electron chi connectivity index (χ1n) is 17.9. The summed E-state index contributed by atoms with van der Waals surface area (Å²) >= 11 is 0. The van der Waals surface area contributed by atoms with Crippen LogP contribution in [0.2, 0.25) is 0 Å². The summed E-state index contributed by atoms with van der Waals surface area (Å²) in [5.74, 6) is -4.71. The minimum absolute atomic E-state index is 0.0420. The van der Waals surface area contributed by atoms with Crippen molar-refractivity contribution in [3.05, 3.63) is 35.9 Å². The highest BCUT2D eigenvalue weighted by atomic mass is 19.2. The highest BCUT2D eigenvalue weighted by molar-refractivity contribution is 5.96. The molecule has 8 atom stereocenters. The summed E-state index contributed by atoms with van der Waals surface area (Å²) in [5, 5.41) is 30.9. The Morgan fingerprint density at radius 3 is 1.66 bits per heavy atom. The Hall–Kier alpha value is -4.84. The fourth-order valence-electron chi connectivity index (χ4n) is 5.37. The number of benzene rings is 1. The van der Waals surface area contributed by atoms with Crippen LogP contribution in [0.3, 0.4) is 0 Å². The van der Waals surface area contributed by atoms with Crippen LogP contribution in [0.5, 0.6) is 0 Å². The quantitative estimate of drug-likeness (QED) is 0.0271. The lowest BCUT2D eigenvalue weighted by Crippen LogP contribution is -2.60. The van der Waals surface area contributed by atoms with E-state index in [-0.39, 0.29) is 56.5 Å². The molecule has 1 aromatic rings. The smallest absolute Gasteiger partial charge is 0.243 e. The largest absolute Gasteiger partial charge is 0.381 e. The fourth-order valence-corrected chi connectivity index (χ4v) is 5.37. The van der Waals surface area contributed by atoms with Crippen molar-refractivity contribution in [3.8, 4) is 0 Å². The van der Waals surface area contributed by atoms with Crippen LogP contribution in [0.4, 0.5) is 4.48 Å². The molecular weight excluding hydrogens is 689 g/mol. The zero-order chi connectivity index (χ0) is 40.1. The third kappa shape index (κ3) is 17.0. The third-order valence-corrected chi connectivity index (χ3v) is 9.16. The van der Waals surface area contributed by atoms with Crippen molar-refractivity contribution in [3.63, 3.8) is 0 Å². The van der Waals surface area contributed by atoms with Gasteiger partial charge in [-0.2, -0.15) is 0 Å². The molecule has 298 valence electrons. The van der Waals surface area contributed by atoms with Crippen molar-refractivity contribution in [1.82, 2.24) is 37.4 Å². The van der Waals surface area contributed by atoms with Crippen molar-refractivity contribution in [1.29, 1.82) is 10.8 Å². The molecule has 1 rings (SSSR count). The van der Waals surface area contributed by atoms with E-state index < -0.39 is 71.8 Å². The lowest BCUT2D eigenvalue weighted by molar-refractivity contribution is -0.136. The van der Waals surface area contributed by atoms with Gasteiger partial charge in [0.05, 0.1) is 12.1 Å². The van der Waals surface area contributed by atoms with Crippen LogP contribution in [-0.2, 0) is 35.1 Å². The number of Topliss-reactive ketones (excluding diaryl/α,β-unsaturated/α-hetero) is 1. The van der Waals surface area contributed by atoms with Crippen LogP contribution < -0.4 is 48.9 Å². The fraction of sp³-hybridized carbons (Fsp3) is 0.629. The molecule has 0 saturated heterocycles. The van der Waals surface area contributed by atoms with Crippen LogP contribution in [0.15, 0.2) is 30.3 Å². The molecule has 4 amide bonds. The molecule has 0 saturated carbocycles. The molecule has 1 unspecified atom stereocenters. The number of rotatable bonds is 25. The van der Waals surface area contributed by atoms with Gasteiger partial charge in [-0.05, 0) is 57.4 Å². The molecule has 0 aliphatic carbocycles. The lowest BCUT2D eigenvalue weighted by Gasteiger charge is -2.30. The molecule has 0 heterocycles. The number of carbonyl (C=O) groups is 5. The molecule has 0 bridgehead atoms. The van der Waals surface area contributed by atoms with E-state index in [9.17, 15) is 28.5 Å².